The molecule has 2 N–H and O–H groups in total. The largest absolute Gasteiger partial charge is 0.465 e. The van der Waals surface area contributed by atoms with Crippen molar-refractivity contribution in [2.45, 2.75) is 61.8 Å². The average molecular weight is 517 g/mol. The van der Waals surface area contributed by atoms with Gasteiger partial charge in [0.15, 0.2) is 0 Å². The molecule has 11 nitrogen and oxygen atoms in total. The van der Waals surface area contributed by atoms with Gasteiger partial charge in [-0.15, -0.1) is 0 Å². The first-order valence-electron chi connectivity index (χ1n) is 12.2. The Morgan fingerprint density at radius 2 is 1.22 bits per heavy atom. The second-order valence-corrected chi connectivity index (χ2v) is 10.4. The highest BCUT2D eigenvalue weighted by Crippen LogP contribution is 2.24. The normalized spacial score (nSPS) is 11.7. The molecule has 0 aromatic rings. The second-order valence-electron chi connectivity index (χ2n) is 10.4. The van der Waals surface area contributed by atoms with Crippen LogP contribution in [-0.4, -0.2) is 75.8 Å². The van der Waals surface area contributed by atoms with E-state index in [1.807, 2.05) is 0 Å². The number of hydrogen-bond donors (Lipinski definition) is 2. The van der Waals surface area contributed by atoms with Crippen LogP contribution in [-0.2, 0) is 42.9 Å². The molecule has 0 atom stereocenters. The molecule has 0 saturated carbocycles. The smallest absolute Gasteiger partial charge is 0.311 e. The fourth-order valence-electron chi connectivity index (χ4n) is 2.48. The lowest BCUT2D eigenvalue weighted by molar-refractivity contribution is -0.174. The van der Waals surface area contributed by atoms with Crippen LogP contribution in [0.15, 0.2) is 0 Å². The molecule has 2 amide bonds. The Labute approximate surface area is 214 Å². The fraction of sp³-hybridized carbons (Fsp3) is 0.800. The fourth-order valence-corrected chi connectivity index (χ4v) is 2.48. The maximum absolute atomic E-state index is 12.4. The number of carbonyl (C=O) groups is 5. The van der Waals surface area contributed by atoms with Crippen LogP contribution in [0.4, 0.5) is 0 Å². The Bertz CT molecular complexity index is 718. The summed E-state index contributed by atoms with van der Waals surface area (Å²) in [7, 11) is 0. The number of hydrogen-bond acceptors (Lipinski definition) is 9. The van der Waals surface area contributed by atoms with Crippen LogP contribution in [0, 0.1) is 22.7 Å². The monoisotopic (exact) mass is 516 g/mol. The minimum Gasteiger partial charge on any atom is -0.465 e. The van der Waals surface area contributed by atoms with Crippen LogP contribution in [0.5, 0.6) is 0 Å². The van der Waals surface area contributed by atoms with E-state index >= 15 is 0 Å². The Hall–Kier alpha value is -2.69. The van der Waals surface area contributed by atoms with E-state index in [4.69, 9.17) is 18.9 Å². The molecule has 0 aromatic carbocycles. The second kappa shape index (κ2) is 16.1. The van der Waals surface area contributed by atoms with Crippen molar-refractivity contribution in [3.8, 4) is 0 Å². The summed E-state index contributed by atoms with van der Waals surface area (Å²) in [6.45, 7) is 12.8. The molecule has 0 bridgehead atoms. The van der Waals surface area contributed by atoms with Crippen molar-refractivity contribution in [1.82, 2.24) is 10.6 Å². The summed E-state index contributed by atoms with van der Waals surface area (Å²) >= 11 is 0. The number of rotatable bonds is 16. The third-order valence-electron chi connectivity index (χ3n) is 4.80. The van der Waals surface area contributed by atoms with Crippen LogP contribution in [0.25, 0.3) is 0 Å². The summed E-state index contributed by atoms with van der Waals surface area (Å²) in [6.07, 6.45) is 0.128. The highest BCUT2D eigenvalue weighted by atomic mass is 16.6. The van der Waals surface area contributed by atoms with Crippen molar-refractivity contribution in [2.24, 2.45) is 22.7 Å². The maximum Gasteiger partial charge on any atom is 0.311 e. The van der Waals surface area contributed by atoms with Crippen molar-refractivity contribution in [2.75, 3.05) is 46.1 Å². The standard InChI is InChI=1S/C25H44N2O9/c1-9-26-19(28)10-11-27-20(29)12-33-13-25(14-34-21(30)17(2)3,15-35-22(31)18(4)5)16-36-23(32)24(6,7)8/h17-18H,9-16H2,1-8H3,(H,26,28)(H,27,29). The Morgan fingerprint density at radius 3 is 1.67 bits per heavy atom. The number of carbonyl (C=O) groups excluding carboxylic acids is 5. The lowest BCUT2D eigenvalue weighted by Crippen LogP contribution is -2.45. The molecular weight excluding hydrogens is 472 g/mol. The molecule has 0 radical (unpaired) electrons. The molecule has 0 spiro atoms. The van der Waals surface area contributed by atoms with Gasteiger partial charge in [0.05, 0.1) is 29.3 Å². The molecule has 0 heterocycles. The van der Waals surface area contributed by atoms with Gasteiger partial charge in [0.25, 0.3) is 0 Å². The molecule has 208 valence electrons. The SMILES string of the molecule is CCNC(=O)CCNC(=O)COCC(COC(=O)C(C)C)(COC(=O)C(C)C)COC(=O)C(C)(C)C. The van der Waals surface area contributed by atoms with Crippen LogP contribution in [0.2, 0.25) is 0 Å². The summed E-state index contributed by atoms with van der Waals surface area (Å²) in [5.74, 6) is -2.93. The highest BCUT2D eigenvalue weighted by Gasteiger charge is 2.38. The molecular formula is C25H44N2O9. The summed E-state index contributed by atoms with van der Waals surface area (Å²) in [5.41, 5.74) is -2.03. The van der Waals surface area contributed by atoms with Crippen molar-refractivity contribution >= 4 is 29.7 Å². The van der Waals surface area contributed by atoms with Gasteiger partial charge in [-0.1, -0.05) is 27.7 Å². The zero-order valence-electron chi connectivity index (χ0n) is 23.0. The van der Waals surface area contributed by atoms with E-state index in [0.717, 1.165) is 0 Å². The van der Waals surface area contributed by atoms with Crippen LogP contribution in [0.3, 0.4) is 0 Å². The molecule has 0 unspecified atom stereocenters. The molecule has 0 rings (SSSR count). The van der Waals surface area contributed by atoms with E-state index in [-0.39, 0.29) is 51.9 Å². The number of amides is 2. The van der Waals surface area contributed by atoms with Gasteiger partial charge in [0.1, 0.15) is 26.4 Å². The third kappa shape index (κ3) is 14.0. The molecule has 11 heteroatoms. The lowest BCUT2D eigenvalue weighted by atomic mass is 9.91. The Balaban J connectivity index is 5.44. The average Bonchev–Trinajstić information content (AvgIpc) is 2.78. The molecule has 0 saturated heterocycles. The third-order valence-corrected chi connectivity index (χ3v) is 4.80. The van der Waals surface area contributed by atoms with Gasteiger partial charge in [0.2, 0.25) is 11.8 Å². The van der Waals surface area contributed by atoms with Gasteiger partial charge in [0, 0.05) is 19.5 Å². The van der Waals surface area contributed by atoms with Gasteiger partial charge in [-0.25, -0.2) is 0 Å². The first kappa shape index (κ1) is 33.3. The van der Waals surface area contributed by atoms with Crippen molar-refractivity contribution in [3.05, 3.63) is 0 Å². The number of nitrogens with one attached hydrogen (secondary N) is 2. The Kier molecular flexibility index (Phi) is 14.9. The number of ether oxygens (including phenoxy) is 4. The first-order chi connectivity index (χ1) is 16.6. The molecule has 0 fully saturated rings. The molecule has 0 aliphatic rings. The van der Waals surface area contributed by atoms with Crippen molar-refractivity contribution < 1.29 is 42.9 Å². The van der Waals surface area contributed by atoms with Crippen LogP contribution in [0.1, 0.15) is 61.8 Å². The van der Waals surface area contributed by atoms with Crippen molar-refractivity contribution in [1.29, 1.82) is 0 Å². The maximum atomic E-state index is 12.4. The number of esters is 3. The lowest BCUT2D eigenvalue weighted by Gasteiger charge is -2.33. The Morgan fingerprint density at radius 1 is 0.722 bits per heavy atom. The highest BCUT2D eigenvalue weighted by molar-refractivity contribution is 5.79. The first-order valence-corrected chi connectivity index (χ1v) is 12.2. The van der Waals surface area contributed by atoms with Crippen LogP contribution < -0.4 is 10.6 Å². The summed E-state index contributed by atoms with van der Waals surface area (Å²) in [4.78, 5) is 60.4. The van der Waals surface area contributed by atoms with E-state index in [1.165, 1.54) is 0 Å². The van der Waals surface area contributed by atoms with E-state index < -0.39 is 46.5 Å². The summed E-state index contributed by atoms with van der Waals surface area (Å²) in [6, 6.07) is 0. The zero-order valence-corrected chi connectivity index (χ0v) is 23.0. The van der Waals surface area contributed by atoms with Gasteiger partial charge in [-0.2, -0.15) is 0 Å². The molecule has 0 aliphatic carbocycles. The quantitative estimate of drug-likeness (QED) is 0.231. The van der Waals surface area contributed by atoms with E-state index in [1.54, 1.807) is 55.4 Å². The zero-order chi connectivity index (χ0) is 27.9. The summed E-state index contributed by atoms with van der Waals surface area (Å²) < 4.78 is 21.9. The predicted molar refractivity (Wildman–Crippen MR) is 132 cm³/mol. The minimum atomic E-state index is -1.24. The molecule has 36 heavy (non-hydrogen) atoms. The topological polar surface area (TPSA) is 146 Å². The van der Waals surface area contributed by atoms with E-state index in [9.17, 15) is 24.0 Å². The molecule has 0 aromatic heterocycles. The van der Waals surface area contributed by atoms with Gasteiger partial charge in [-0.05, 0) is 27.7 Å². The van der Waals surface area contributed by atoms with Gasteiger partial charge in [-0.3, -0.25) is 24.0 Å². The van der Waals surface area contributed by atoms with Crippen LogP contribution >= 0.6 is 0 Å². The van der Waals surface area contributed by atoms with Gasteiger partial charge < -0.3 is 29.6 Å². The predicted octanol–water partition coefficient (Wildman–Crippen LogP) is 1.62. The van der Waals surface area contributed by atoms with E-state index in [0.29, 0.717) is 6.54 Å². The van der Waals surface area contributed by atoms with Crippen molar-refractivity contribution in [3.63, 3.8) is 0 Å². The minimum absolute atomic E-state index is 0.128. The van der Waals surface area contributed by atoms with E-state index in [2.05, 4.69) is 10.6 Å². The summed E-state index contributed by atoms with van der Waals surface area (Å²) in [5, 5.41) is 5.21. The molecule has 0 aliphatic heterocycles. The van der Waals surface area contributed by atoms with Gasteiger partial charge >= 0.3 is 17.9 Å².